The minimum Gasteiger partial charge on any atom is -0.481 e. The van der Waals surface area contributed by atoms with Gasteiger partial charge in [-0.05, 0) is 38.5 Å². The Kier molecular flexibility index (Phi) is 11.2. The Labute approximate surface area is 145 Å². The molecule has 3 atom stereocenters. The molecule has 0 amide bonds. The molecule has 0 aliphatic carbocycles. The number of ether oxygens (including phenoxy) is 1. The highest BCUT2D eigenvalue weighted by molar-refractivity contribution is 5.66. The fraction of sp³-hybridized carbons (Fsp3) is 0.650. The van der Waals surface area contributed by atoms with Crippen LogP contribution in [-0.2, 0) is 9.53 Å². The lowest BCUT2D eigenvalue weighted by Gasteiger charge is -1.99. The lowest BCUT2D eigenvalue weighted by molar-refractivity contribution is -0.137. The molecule has 4 heteroatoms. The van der Waals surface area contributed by atoms with Crippen LogP contribution in [0.25, 0.3) is 0 Å². The summed E-state index contributed by atoms with van der Waals surface area (Å²) in [5.41, 5.74) is 0. The lowest BCUT2D eigenvalue weighted by atomic mass is 10.1. The standard InChI is InChI=1S/C20H32O4/c1-2-3-4-5-6-10-13-18-19(24-18)16-15-17(21)12-9-7-8-11-14-20(22)23/h6-7,9-10,15-19,21H,2-5,8,11-14H2,1H3,(H,22,23)/b9-7-,10-6-,16-15+/t17?,18?,19-/m0/s1. The number of aliphatic carboxylic acids is 1. The van der Waals surface area contributed by atoms with Crippen molar-refractivity contribution in [1.29, 1.82) is 0 Å². The number of hydrogen-bond acceptors (Lipinski definition) is 3. The second kappa shape index (κ2) is 13.0. The summed E-state index contributed by atoms with van der Waals surface area (Å²) in [5.74, 6) is -0.763. The zero-order chi connectivity index (χ0) is 17.6. The predicted molar refractivity (Wildman–Crippen MR) is 97.0 cm³/mol. The number of epoxide rings is 1. The number of carboxylic acid groups (broad SMARTS) is 1. The molecule has 0 aromatic carbocycles. The van der Waals surface area contributed by atoms with Crippen molar-refractivity contribution < 1.29 is 19.7 Å². The number of aliphatic hydroxyl groups excluding tert-OH is 1. The summed E-state index contributed by atoms with van der Waals surface area (Å²) >= 11 is 0. The molecule has 1 aliphatic rings. The van der Waals surface area contributed by atoms with E-state index in [9.17, 15) is 9.90 Å². The van der Waals surface area contributed by atoms with Crippen molar-refractivity contribution in [3.63, 3.8) is 0 Å². The van der Waals surface area contributed by atoms with Crippen LogP contribution in [-0.4, -0.2) is 34.5 Å². The molecule has 1 fully saturated rings. The van der Waals surface area contributed by atoms with Crippen LogP contribution < -0.4 is 0 Å². The van der Waals surface area contributed by atoms with E-state index in [-0.39, 0.29) is 18.6 Å². The topological polar surface area (TPSA) is 70.1 Å². The maximum atomic E-state index is 10.4. The Balaban J connectivity index is 2.04. The number of carbonyl (C=O) groups is 1. The van der Waals surface area contributed by atoms with Crippen molar-refractivity contribution in [2.45, 2.75) is 83.0 Å². The molecule has 4 nitrogen and oxygen atoms in total. The second-order valence-electron chi connectivity index (χ2n) is 6.29. The third-order valence-electron chi connectivity index (χ3n) is 3.96. The molecular formula is C20H32O4. The summed E-state index contributed by atoms with van der Waals surface area (Å²) in [6.45, 7) is 2.21. The van der Waals surface area contributed by atoms with Crippen LogP contribution in [0.2, 0.25) is 0 Å². The maximum absolute atomic E-state index is 10.4. The van der Waals surface area contributed by atoms with Crippen LogP contribution in [0.1, 0.15) is 64.7 Å². The molecule has 0 bridgehead atoms. The van der Waals surface area contributed by atoms with E-state index in [0.717, 1.165) is 19.3 Å². The molecule has 0 radical (unpaired) electrons. The summed E-state index contributed by atoms with van der Waals surface area (Å²) in [6.07, 6.45) is 19.9. The van der Waals surface area contributed by atoms with E-state index in [4.69, 9.17) is 9.84 Å². The normalized spacial score (nSPS) is 21.9. The van der Waals surface area contributed by atoms with Gasteiger partial charge >= 0.3 is 5.97 Å². The summed E-state index contributed by atoms with van der Waals surface area (Å²) in [6, 6.07) is 0. The zero-order valence-electron chi connectivity index (χ0n) is 14.8. The number of aliphatic hydroxyl groups is 1. The number of hydrogen-bond donors (Lipinski definition) is 2. The fourth-order valence-corrected chi connectivity index (χ4v) is 2.42. The smallest absolute Gasteiger partial charge is 0.303 e. The van der Waals surface area contributed by atoms with Gasteiger partial charge in [-0.1, -0.05) is 56.2 Å². The summed E-state index contributed by atoms with van der Waals surface area (Å²) < 4.78 is 5.55. The molecule has 0 aromatic rings. The summed E-state index contributed by atoms with van der Waals surface area (Å²) in [4.78, 5) is 10.4. The van der Waals surface area contributed by atoms with E-state index in [0.29, 0.717) is 12.8 Å². The molecule has 1 rings (SSSR count). The number of rotatable bonds is 14. The molecule has 136 valence electrons. The number of allylic oxidation sites excluding steroid dienone is 2. The molecule has 1 saturated heterocycles. The first-order valence-electron chi connectivity index (χ1n) is 9.17. The van der Waals surface area contributed by atoms with Gasteiger partial charge in [0.1, 0.15) is 6.10 Å². The van der Waals surface area contributed by atoms with Crippen molar-refractivity contribution in [3.05, 3.63) is 36.5 Å². The van der Waals surface area contributed by atoms with Gasteiger partial charge in [-0.2, -0.15) is 0 Å². The van der Waals surface area contributed by atoms with Crippen molar-refractivity contribution >= 4 is 5.97 Å². The quantitative estimate of drug-likeness (QED) is 0.280. The molecule has 2 N–H and O–H groups in total. The van der Waals surface area contributed by atoms with E-state index >= 15 is 0 Å². The first kappa shape index (κ1) is 20.7. The summed E-state index contributed by atoms with van der Waals surface area (Å²) in [7, 11) is 0. The lowest BCUT2D eigenvalue weighted by Crippen LogP contribution is -2.00. The Morgan fingerprint density at radius 1 is 1.12 bits per heavy atom. The first-order valence-corrected chi connectivity index (χ1v) is 9.17. The monoisotopic (exact) mass is 336 g/mol. The van der Waals surface area contributed by atoms with Gasteiger partial charge in [0.05, 0.1) is 12.2 Å². The molecule has 0 saturated carbocycles. The van der Waals surface area contributed by atoms with Crippen LogP contribution in [0.3, 0.4) is 0 Å². The van der Waals surface area contributed by atoms with Crippen LogP contribution in [0.15, 0.2) is 36.5 Å². The minimum atomic E-state index is -0.763. The Hall–Kier alpha value is -1.39. The van der Waals surface area contributed by atoms with E-state index < -0.39 is 12.1 Å². The SMILES string of the molecule is CCCCC/C=C\CC1O[C@H]1/C=C/C(O)C/C=C\CCCC(=O)O. The minimum absolute atomic E-state index is 0.138. The van der Waals surface area contributed by atoms with E-state index in [1.807, 2.05) is 18.2 Å². The maximum Gasteiger partial charge on any atom is 0.303 e. The molecule has 0 spiro atoms. The highest BCUT2D eigenvalue weighted by atomic mass is 16.6. The second-order valence-corrected chi connectivity index (χ2v) is 6.29. The van der Waals surface area contributed by atoms with Crippen LogP contribution in [0.4, 0.5) is 0 Å². The van der Waals surface area contributed by atoms with Gasteiger partial charge in [0, 0.05) is 6.42 Å². The van der Waals surface area contributed by atoms with Crippen molar-refractivity contribution in [2.75, 3.05) is 0 Å². The average molecular weight is 336 g/mol. The third-order valence-corrected chi connectivity index (χ3v) is 3.96. The molecule has 1 heterocycles. The van der Waals surface area contributed by atoms with Crippen LogP contribution >= 0.6 is 0 Å². The molecule has 1 aliphatic heterocycles. The van der Waals surface area contributed by atoms with E-state index in [1.54, 1.807) is 6.08 Å². The largest absolute Gasteiger partial charge is 0.481 e. The third kappa shape index (κ3) is 11.2. The van der Waals surface area contributed by atoms with Gasteiger partial charge in [0.2, 0.25) is 0 Å². The predicted octanol–water partition coefficient (Wildman–Crippen LogP) is 4.40. The van der Waals surface area contributed by atoms with Gasteiger partial charge < -0.3 is 14.9 Å². The number of carboxylic acids is 1. The first-order chi connectivity index (χ1) is 11.6. The van der Waals surface area contributed by atoms with Gasteiger partial charge in [-0.15, -0.1) is 0 Å². The van der Waals surface area contributed by atoms with Crippen LogP contribution in [0, 0.1) is 0 Å². The summed E-state index contributed by atoms with van der Waals surface area (Å²) in [5, 5.41) is 18.4. The Morgan fingerprint density at radius 3 is 2.62 bits per heavy atom. The van der Waals surface area contributed by atoms with Crippen molar-refractivity contribution in [3.8, 4) is 0 Å². The van der Waals surface area contributed by atoms with Gasteiger partial charge in [0.25, 0.3) is 0 Å². The molecule has 0 aromatic heterocycles. The average Bonchev–Trinajstić information content (AvgIpc) is 3.30. The van der Waals surface area contributed by atoms with Crippen molar-refractivity contribution in [1.82, 2.24) is 0 Å². The molecular weight excluding hydrogens is 304 g/mol. The molecule has 24 heavy (non-hydrogen) atoms. The van der Waals surface area contributed by atoms with Crippen LogP contribution in [0.5, 0.6) is 0 Å². The van der Waals surface area contributed by atoms with E-state index in [2.05, 4.69) is 19.1 Å². The number of unbranched alkanes of at least 4 members (excludes halogenated alkanes) is 4. The van der Waals surface area contributed by atoms with Gasteiger partial charge in [0.15, 0.2) is 0 Å². The van der Waals surface area contributed by atoms with Gasteiger partial charge in [-0.25, -0.2) is 0 Å². The highest BCUT2D eigenvalue weighted by Gasteiger charge is 2.34. The Bertz CT molecular complexity index is 425. The Morgan fingerprint density at radius 2 is 1.88 bits per heavy atom. The van der Waals surface area contributed by atoms with Gasteiger partial charge in [-0.3, -0.25) is 4.79 Å². The van der Waals surface area contributed by atoms with E-state index in [1.165, 1.54) is 19.3 Å². The molecule has 2 unspecified atom stereocenters. The highest BCUT2D eigenvalue weighted by Crippen LogP contribution is 2.27. The van der Waals surface area contributed by atoms with Crippen molar-refractivity contribution in [2.24, 2.45) is 0 Å². The fourth-order valence-electron chi connectivity index (χ4n) is 2.42. The zero-order valence-corrected chi connectivity index (χ0v) is 14.8.